The molecule has 6 nitrogen and oxygen atoms in total. The van der Waals surface area contributed by atoms with Gasteiger partial charge in [-0.2, -0.15) is 4.72 Å². The summed E-state index contributed by atoms with van der Waals surface area (Å²) in [6, 6.07) is 5.28. The summed E-state index contributed by atoms with van der Waals surface area (Å²) in [7, 11) is -3.75. The van der Waals surface area contributed by atoms with Crippen LogP contribution in [0.4, 0.5) is 0 Å². The summed E-state index contributed by atoms with van der Waals surface area (Å²) in [5.74, 6) is -0.362. The maximum absolute atomic E-state index is 12.2. The maximum Gasteiger partial charge on any atom is 0.241 e. The molecule has 1 aromatic carbocycles. The molecular weight excluding hydrogens is 278 g/mol. The monoisotopic (exact) mass is 299 g/mol. The Morgan fingerprint density at radius 2 is 2.00 bits per heavy atom. The molecule has 1 amide bonds. The van der Waals surface area contributed by atoms with Gasteiger partial charge in [-0.1, -0.05) is 12.1 Å². The average molecular weight is 299 g/mol. The number of carbonyl (C=O) groups is 1. The van der Waals surface area contributed by atoms with Crippen LogP contribution >= 0.6 is 0 Å². The van der Waals surface area contributed by atoms with Gasteiger partial charge in [0.1, 0.15) is 0 Å². The first-order valence-corrected chi connectivity index (χ1v) is 7.91. The van der Waals surface area contributed by atoms with Crippen molar-refractivity contribution in [1.29, 1.82) is 0 Å². The maximum atomic E-state index is 12.2. The molecule has 0 aromatic heterocycles. The molecule has 0 saturated heterocycles. The predicted molar refractivity (Wildman–Crippen MR) is 77.5 cm³/mol. The molecule has 1 rings (SSSR count). The van der Waals surface area contributed by atoms with E-state index in [4.69, 9.17) is 5.73 Å². The van der Waals surface area contributed by atoms with Crippen molar-refractivity contribution in [3.63, 3.8) is 0 Å². The number of carbonyl (C=O) groups excluding carboxylic acids is 1. The van der Waals surface area contributed by atoms with Crippen molar-refractivity contribution < 1.29 is 13.2 Å². The molecule has 2 atom stereocenters. The van der Waals surface area contributed by atoms with Gasteiger partial charge < -0.3 is 11.1 Å². The van der Waals surface area contributed by atoms with Gasteiger partial charge in [0, 0.05) is 12.6 Å². The second-order valence-corrected chi connectivity index (χ2v) is 6.31. The summed E-state index contributed by atoms with van der Waals surface area (Å²) >= 11 is 0. The Balaban J connectivity index is 2.94. The van der Waals surface area contributed by atoms with Gasteiger partial charge in [-0.3, -0.25) is 4.79 Å². The third-order valence-corrected chi connectivity index (χ3v) is 4.31. The molecule has 0 bridgehead atoms. The summed E-state index contributed by atoms with van der Waals surface area (Å²) in [5, 5.41) is 2.56. The van der Waals surface area contributed by atoms with Crippen molar-refractivity contribution >= 4 is 15.9 Å². The number of sulfonamides is 1. The molecule has 0 radical (unpaired) electrons. The van der Waals surface area contributed by atoms with Crippen LogP contribution in [0.3, 0.4) is 0 Å². The second-order valence-electron chi connectivity index (χ2n) is 4.60. The summed E-state index contributed by atoms with van der Waals surface area (Å²) in [6.45, 7) is 5.49. The van der Waals surface area contributed by atoms with Crippen LogP contribution in [0.2, 0.25) is 0 Å². The molecule has 7 heteroatoms. The van der Waals surface area contributed by atoms with Crippen LogP contribution < -0.4 is 15.8 Å². The van der Waals surface area contributed by atoms with Gasteiger partial charge in [-0.25, -0.2) is 8.42 Å². The van der Waals surface area contributed by atoms with Crippen molar-refractivity contribution in [3.05, 3.63) is 29.8 Å². The molecule has 0 aliphatic rings. The lowest BCUT2D eigenvalue weighted by Crippen LogP contribution is -2.44. The molecule has 112 valence electrons. The summed E-state index contributed by atoms with van der Waals surface area (Å²) < 4.78 is 26.7. The fourth-order valence-electron chi connectivity index (χ4n) is 1.65. The van der Waals surface area contributed by atoms with Gasteiger partial charge in [0.15, 0.2) is 0 Å². The number of hydrogen-bond donors (Lipinski definition) is 3. The Morgan fingerprint density at radius 1 is 1.35 bits per heavy atom. The smallest absolute Gasteiger partial charge is 0.241 e. The molecule has 0 spiro atoms. The number of benzene rings is 1. The van der Waals surface area contributed by atoms with Gasteiger partial charge in [0.25, 0.3) is 0 Å². The van der Waals surface area contributed by atoms with Crippen molar-refractivity contribution in [3.8, 4) is 0 Å². The van der Waals surface area contributed by atoms with Crippen molar-refractivity contribution in [2.45, 2.75) is 37.8 Å². The third-order valence-electron chi connectivity index (χ3n) is 2.77. The molecule has 0 aliphatic carbocycles. The highest BCUT2D eigenvalue weighted by Gasteiger charge is 2.22. The zero-order valence-corrected chi connectivity index (χ0v) is 12.7. The molecule has 1 aromatic rings. The second kappa shape index (κ2) is 6.83. The zero-order chi connectivity index (χ0) is 15.3. The van der Waals surface area contributed by atoms with E-state index < -0.39 is 16.1 Å². The van der Waals surface area contributed by atoms with E-state index in [-0.39, 0.29) is 16.8 Å². The highest BCUT2D eigenvalue weighted by molar-refractivity contribution is 7.89. The number of likely N-dealkylation sites (N-methyl/N-ethyl adjacent to an activating group) is 1. The predicted octanol–water partition coefficient (Wildman–Crippen LogP) is 0.509. The number of nitrogens with one attached hydrogen (secondary N) is 2. The van der Waals surface area contributed by atoms with Gasteiger partial charge in [0.2, 0.25) is 15.9 Å². The Labute approximate surface area is 119 Å². The van der Waals surface area contributed by atoms with Crippen LogP contribution in [0.1, 0.15) is 32.4 Å². The van der Waals surface area contributed by atoms with Gasteiger partial charge in [-0.15, -0.1) is 0 Å². The SMILES string of the molecule is CCNC(=O)C(C)NS(=O)(=O)c1cccc(C(C)N)c1. The molecule has 0 heterocycles. The van der Waals surface area contributed by atoms with E-state index in [0.717, 1.165) is 5.56 Å². The Bertz CT molecular complexity index is 570. The standard InChI is InChI=1S/C13H21N3O3S/c1-4-15-13(17)10(3)16-20(18,19)12-7-5-6-11(8-12)9(2)14/h5-10,16H,4,14H2,1-3H3,(H,15,17). The highest BCUT2D eigenvalue weighted by Crippen LogP contribution is 2.16. The minimum atomic E-state index is -3.75. The first kappa shape index (κ1) is 16.6. The lowest BCUT2D eigenvalue weighted by atomic mass is 10.1. The third kappa shape index (κ3) is 4.29. The Hall–Kier alpha value is -1.44. The van der Waals surface area contributed by atoms with E-state index in [0.29, 0.717) is 6.54 Å². The fraction of sp³-hybridized carbons (Fsp3) is 0.462. The van der Waals surface area contributed by atoms with E-state index in [1.165, 1.54) is 19.1 Å². The van der Waals surface area contributed by atoms with Crippen LogP contribution in [-0.4, -0.2) is 26.9 Å². The first-order chi connectivity index (χ1) is 9.27. The van der Waals surface area contributed by atoms with Crippen molar-refractivity contribution in [2.75, 3.05) is 6.54 Å². The molecule has 20 heavy (non-hydrogen) atoms. The van der Waals surface area contributed by atoms with E-state index in [1.807, 2.05) is 0 Å². The van der Waals surface area contributed by atoms with Crippen LogP contribution in [0.15, 0.2) is 29.2 Å². The minimum absolute atomic E-state index is 0.100. The molecule has 0 fully saturated rings. The van der Waals surface area contributed by atoms with Crippen LogP contribution in [0.25, 0.3) is 0 Å². The quantitative estimate of drug-likeness (QED) is 0.712. The van der Waals surface area contributed by atoms with Gasteiger partial charge in [0.05, 0.1) is 10.9 Å². The van der Waals surface area contributed by atoms with Crippen LogP contribution in [0.5, 0.6) is 0 Å². The highest BCUT2D eigenvalue weighted by atomic mass is 32.2. The average Bonchev–Trinajstić information content (AvgIpc) is 2.38. The largest absolute Gasteiger partial charge is 0.355 e. The summed E-state index contributed by atoms with van der Waals surface area (Å²) in [4.78, 5) is 11.7. The van der Waals surface area contributed by atoms with Gasteiger partial charge >= 0.3 is 0 Å². The van der Waals surface area contributed by atoms with E-state index in [9.17, 15) is 13.2 Å². The fourth-order valence-corrected chi connectivity index (χ4v) is 2.90. The number of amides is 1. The van der Waals surface area contributed by atoms with E-state index in [1.54, 1.807) is 26.0 Å². The van der Waals surface area contributed by atoms with Gasteiger partial charge in [-0.05, 0) is 38.5 Å². The number of hydrogen-bond acceptors (Lipinski definition) is 4. The molecule has 0 aliphatic heterocycles. The first-order valence-electron chi connectivity index (χ1n) is 6.43. The Kier molecular flexibility index (Phi) is 5.67. The minimum Gasteiger partial charge on any atom is -0.355 e. The van der Waals surface area contributed by atoms with E-state index in [2.05, 4.69) is 10.0 Å². The number of rotatable bonds is 6. The molecule has 2 unspecified atom stereocenters. The van der Waals surface area contributed by atoms with Crippen molar-refractivity contribution in [1.82, 2.24) is 10.0 Å². The van der Waals surface area contributed by atoms with Crippen LogP contribution in [0, 0.1) is 0 Å². The summed E-state index contributed by atoms with van der Waals surface area (Å²) in [5.41, 5.74) is 6.46. The number of nitrogens with two attached hydrogens (primary N) is 1. The topological polar surface area (TPSA) is 101 Å². The van der Waals surface area contributed by atoms with E-state index >= 15 is 0 Å². The summed E-state index contributed by atoms with van der Waals surface area (Å²) in [6.07, 6.45) is 0. The Morgan fingerprint density at radius 3 is 2.55 bits per heavy atom. The zero-order valence-electron chi connectivity index (χ0n) is 11.9. The molecule has 4 N–H and O–H groups in total. The van der Waals surface area contributed by atoms with Crippen molar-refractivity contribution in [2.24, 2.45) is 5.73 Å². The molecular formula is C13H21N3O3S. The lowest BCUT2D eigenvalue weighted by molar-refractivity contribution is -0.122. The normalized spacial score (nSPS) is 14.6. The lowest BCUT2D eigenvalue weighted by Gasteiger charge is -2.14. The molecule has 0 saturated carbocycles. The van der Waals surface area contributed by atoms with Crippen LogP contribution in [-0.2, 0) is 14.8 Å².